The molecule has 0 aliphatic rings. The molecule has 0 unspecified atom stereocenters. The Morgan fingerprint density at radius 3 is 1.50 bits per heavy atom. The minimum atomic E-state index is 0.207. The van der Waals surface area contributed by atoms with Crippen molar-refractivity contribution in [1.82, 2.24) is 0 Å². The first-order chi connectivity index (χ1) is 16.7. The van der Waals surface area contributed by atoms with Crippen molar-refractivity contribution >= 4 is 12.6 Å². The van der Waals surface area contributed by atoms with Gasteiger partial charge in [0, 0.05) is 11.1 Å². The third kappa shape index (κ3) is 10.7. The second-order valence-electron chi connectivity index (χ2n) is 9.68. The molecule has 0 saturated heterocycles. The Bertz CT molecular complexity index is 809. The molecule has 0 atom stereocenters. The van der Waals surface area contributed by atoms with Gasteiger partial charge in [0.2, 0.25) is 0 Å². The average molecular weight is 465 g/mol. The topological polar surface area (TPSA) is 54.4 Å². The molecule has 0 bridgehead atoms. The summed E-state index contributed by atoms with van der Waals surface area (Å²) < 4.78 is 0. The van der Waals surface area contributed by atoms with Gasteiger partial charge in [-0.3, -0.25) is 9.59 Å². The zero-order valence-electron chi connectivity index (χ0n) is 21.2. The normalized spacial score (nSPS) is 11.0. The summed E-state index contributed by atoms with van der Waals surface area (Å²) in [6.45, 7) is 2.27. The van der Waals surface area contributed by atoms with Gasteiger partial charge in [0.15, 0.2) is 0 Å². The molecular formula is C31H44O3. The lowest BCUT2D eigenvalue weighted by Crippen LogP contribution is -2.03. The summed E-state index contributed by atoms with van der Waals surface area (Å²) in [5, 5.41) is 9.47. The largest absolute Gasteiger partial charge is 0.508 e. The number of phenols is 1. The maximum absolute atomic E-state index is 11.7. The molecule has 0 saturated carbocycles. The van der Waals surface area contributed by atoms with E-state index in [1.807, 2.05) is 24.3 Å². The van der Waals surface area contributed by atoms with Crippen LogP contribution in [0.5, 0.6) is 5.75 Å². The third-order valence-electron chi connectivity index (χ3n) is 6.77. The van der Waals surface area contributed by atoms with Gasteiger partial charge < -0.3 is 5.11 Å². The summed E-state index contributed by atoms with van der Waals surface area (Å²) in [5.74, 6) is 0.207. The van der Waals surface area contributed by atoms with Gasteiger partial charge in [0.25, 0.3) is 0 Å². The molecule has 3 heteroatoms. The summed E-state index contributed by atoms with van der Waals surface area (Å²) in [7, 11) is 0. The van der Waals surface area contributed by atoms with Gasteiger partial charge in [-0.15, -0.1) is 0 Å². The molecule has 0 heterocycles. The SMILES string of the molecule is CCCCCCCCCCCCCCCCc1cc(C=O)c(Cc2ccc(O)cc2)c(C=O)c1. The molecule has 186 valence electrons. The number of hydrogen-bond donors (Lipinski definition) is 1. The molecule has 2 aromatic carbocycles. The highest BCUT2D eigenvalue weighted by atomic mass is 16.3. The number of carbonyl (C=O) groups excluding carboxylic acids is 2. The molecule has 0 aliphatic heterocycles. The standard InChI is InChI=1S/C31H44O3/c1-2-3-4-5-6-7-8-9-10-11-12-13-14-15-16-27-21-28(24-32)31(29(22-27)25-33)23-26-17-19-30(34)20-18-26/h17-22,24-25,34H,2-16,23H2,1H3. The zero-order chi connectivity index (χ0) is 24.4. The van der Waals surface area contributed by atoms with Gasteiger partial charge in [0.05, 0.1) is 0 Å². The molecule has 2 rings (SSSR count). The number of aldehydes is 2. The number of benzene rings is 2. The summed E-state index contributed by atoms with van der Waals surface area (Å²) in [5.41, 5.74) is 3.98. The van der Waals surface area contributed by atoms with Crippen molar-refractivity contribution < 1.29 is 14.7 Å². The van der Waals surface area contributed by atoms with Crippen LogP contribution in [0.4, 0.5) is 0 Å². The lowest BCUT2D eigenvalue weighted by molar-refractivity contribution is 0.112. The molecule has 0 radical (unpaired) electrons. The van der Waals surface area contributed by atoms with E-state index in [0.717, 1.165) is 42.1 Å². The molecule has 0 amide bonds. The van der Waals surface area contributed by atoms with E-state index < -0.39 is 0 Å². The first-order valence-electron chi connectivity index (χ1n) is 13.5. The minimum Gasteiger partial charge on any atom is -0.508 e. The molecule has 0 aromatic heterocycles. The maximum atomic E-state index is 11.7. The first kappa shape index (κ1) is 27.8. The lowest BCUT2D eigenvalue weighted by atomic mass is 9.92. The fourth-order valence-electron chi connectivity index (χ4n) is 4.68. The predicted molar refractivity (Wildman–Crippen MR) is 142 cm³/mol. The smallest absolute Gasteiger partial charge is 0.150 e. The van der Waals surface area contributed by atoms with E-state index >= 15 is 0 Å². The number of phenolic OH excluding ortho intramolecular Hbond substituents is 1. The van der Waals surface area contributed by atoms with Gasteiger partial charge in [-0.25, -0.2) is 0 Å². The van der Waals surface area contributed by atoms with Crippen LogP contribution >= 0.6 is 0 Å². The Kier molecular flexibility index (Phi) is 14.0. The second kappa shape index (κ2) is 17.1. The van der Waals surface area contributed by atoms with Gasteiger partial charge in [-0.1, -0.05) is 103 Å². The molecule has 0 spiro atoms. The van der Waals surface area contributed by atoms with Crippen LogP contribution in [0, 0.1) is 0 Å². The van der Waals surface area contributed by atoms with Crippen LogP contribution < -0.4 is 0 Å². The lowest BCUT2D eigenvalue weighted by Gasteiger charge is -2.12. The number of unbranched alkanes of at least 4 members (excludes halogenated alkanes) is 13. The van der Waals surface area contributed by atoms with Crippen LogP contribution in [0.2, 0.25) is 0 Å². The van der Waals surface area contributed by atoms with Crippen molar-refractivity contribution in [3.63, 3.8) is 0 Å². The summed E-state index contributed by atoms with van der Waals surface area (Å²) in [4.78, 5) is 23.5. The number of carbonyl (C=O) groups is 2. The molecule has 0 fully saturated rings. The molecular weight excluding hydrogens is 420 g/mol. The average Bonchev–Trinajstić information content (AvgIpc) is 2.86. The molecule has 2 aromatic rings. The monoisotopic (exact) mass is 464 g/mol. The van der Waals surface area contributed by atoms with E-state index in [0.29, 0.717) is 17.5 Å². The van der Waals surface area contributed by atoms with E-state index in [1.54, 1.807) is 12.1 Å². The zero-order valence-corrected chi connectivity index (χ0v) is 21.2. The minimum absolute atomic E-state index is 0.207. The van der Waals surface area contributed by atoms with Gasteiger partial charge in [0.1, 0.15) is 18.3 Å². The maximum Gasteiger partial charge on any atom is 0.150 e. The third-order valence-corrected chi connectivity index (χ3v) is 6.77. The van der Waals surface area contributed by atoms with Gasteiger partial charge in [-0.05, 0) is 60.2 Å². The van der Waals surface area contributed by atoms with Crippen LogP contribution in [-0.2, 0) is 12.8 Å². The summed E-state index contributed by atoms with van der Waals surface area (Å²) in [6.07, 6.45) is 21.8. The first-order valence-corrected chi connectivity index (χ1v) is 13.5. The highest BCUT2D eigenvalue weighted by Gasteiger charge is 2.11. The van der Waals surface area contributed by atoms with E-state index in [4.69, 9.17) is 0 Å². The van der Waals surface area contributed by atoms with Crippen molar-refractivity contribution in [1.29, 1.82) is 0 Å². The van der Waals surface area contributed by atoms with E-state index in [2.05, 4.69) is 6.92 Å². The predicted octanol–water partition coefficient (Wildman–Crippen LogP) is 8.63. The van der Waals surface area contributed by atoms with Gasteiger partial charge >= 0.3 is 0 Å². The van der Waals surface area contributed by atoms with Crippen molar-refractivity contribution in [2.24, 2.45) is 0 Å². The molecule has 3 nitrogen and oxygen atoms in total. The number of aryl methyl sites for hydroxylation is 1. The van der Waals surface area contributed by atoms with Gasteiger partial charge in [-0.2, -0.15) is 0 Å². The fraction of sp³-hybridized carbons (Fsp3) is 0.548. The fourth-order valence-corrected chi connectivity index (χ4v) is 4.68. The van der Waals surface area contributed by atoms with Crippen molar-refractivity contribution in [3.8, 4) is 5.75 Å². The Hall–Kier alpha value is -2.42. The summed E-state index contributed by atoms with van der Waals surface area (Å²) >= 11 is 0. The van der Waals surface area contributed by atoms with Crippen LogP contribution in [0.25, 0.3) is 0 Å². The van der Waals surface area contributed by atoms with E-state index in [1.165, 1.54) is 83.5 Å². The Morgan fingerprint density at radius 1 is 0.618 bits per heavy atom. The number of aromatic hydroxyl groups is 1. The van der Waals surface area contributed by atoms with Crippen molar-refractivity contribution in [2.75, 3.05) is 0 Å². The van der Waals surface area contributed by atoms with Crippen molar-refractivity contribution in [2.45, 2.75) is 110 Å². The summed E-state index contributed by atoms with van der Waals surface area (Å²) in [6, 6.07) is 10.8. The molecule has 0 aliphatic carbocycles. The van der Waals surface area contributed by atoms with Crippen LogP contribution in [0.15, 0.2) is 36.4 Å². The van der Waals surface area contributed by atoms with E-state index in [-0.39, 0.29) is 5.75 Å². The Labute approximate surface area is 207 Å². The van der Waals surface area contributed by atoms with Crippen LogP contribution in [-0.4, -0.2) is 17.7 Å². The highest BCUT2D eigenvalue weighted by molar-refractivity contribution is 5.86. The Morgan fingerprint density at radius 2 is 1.06 bits per heavy atom. The second-order valence-corrected chi connectivity index (χ2v) is 9.68. The van der Waals surface area contributed by atoms with E-state index in [9.17, 15) is 14.7 Å². The number of rotatable bonds is 19. The molecule has 34 heavy (non-hydrogen) atoms. The number of hydrogen-bond acceptors (Lipinski definition) is 3. The van der Waals surface area contributed by atoms with Crippen LogP contribution in [0.3, 0.4) is 0 Å². The highest BCUT2D eigenvalue weighted by Crippen LogP contribution is 2.22. The van der Waals surface area contributed by atoms with Crippen LogP contribution in [0.1, 0.15) is 134 Å². The molecule has 1 N–H and O–H groups in total. The van der Waals surface area contributed by atoms with Crippen molar-refractivity contribution in [3.05, 3.63) is 64.2 Å². The Balaban J connectivity index is 1.66. The quantitative estimate of drug-likeness (QED) is 0.167.